The van der Waals surface area contributed by atoms with Crippen molar-refractivity contribution in [1.82, 2.24) is 10.3 Å². The zero-order chi connectivity index (χ0) is 15.6. The molecule has 0 spiro atoms. The maximum absolute atomic E-state index is 5.87. The van der Waals surface area contributed by atoms with E-state index >= 15 is 0 Å². The highest BCUT2D eigenvalue weighted by Crippen LogP contribution is 2.26. The summed E-state index contributed by atoms with van der Waals surface area (Å²) in [5.74, 6) is 0.452. The molecule has 0 saturated heterocycles. The Labute approximate surface area is 126 Å². The minimum atomic E-state index is 0.452. The van der Waals surface area contributed by atoms with Gasteiger partial charge in [-0.1, -0.05) is 23.8 Å². The molecule has 0 aliphatic heterocycles. The number of nitrogens with zero attached hydrogens (tertiary/aromatic N) is 1. The quantitative estimate of drug-likeness (QED) is 0.459. The number of benzene rings is 1. The average Bonchev–Trinajstić information content (AvgIpc) is 2.70. The molecule has 0 bridgehead atoms. The third-order valence-corrected chi connectivity index (χ3v) is 3.63. The Morgan fingerprint density at radius 1 is 1.33 bits per heavy atom. The lowest BCUT2D eigenvalue weighted by molar-refractivity contribution is 0.941. The molecule has 0 atom stereocenters. The molecule has 0 aliphatic carbocycles. The molecule has 0 saturated carbocycles. The molecule has 112 valence electrons. The van der Waals surface area contributed by atoms with E-state index in [0.29, 0.717) is 19.0 Å². The number of hydrogen-bond donors (Lipinski definition) is 3. The summed E-state index contributed by atoms with van der Waals surface area (Å²) in [6.45, 7) is 13.3. The number of nitrogens with two attached hydrogens (primary N) is 1. The highest BCUT2D eigenvalue weighted by Gasteiger charge is 2.09. The summed E-state index contributed by atoms with van der Waals surface area (Å²) in [5.41, 5.74) is 13.0. The maximum atomic E-state index is 5.87. The van der Waals surface area contributed by atoms with Gasteiger partial charge in [0.1, 0.15) is 0 Å². The first kappa shape index (κ1) is 15.2. The molecule has 4 heteroatoms. The summed E-state index contributed by atoms with van der Waals surface area (Å²) in [5, 5.41) is 4.32. The molecule has 4 N–H and O–H groups in total. The van der Waals surface area contributed by atoms with Gasteiger partial charge in [-0.25, -0.2) is 4.99 Å². The van der Waals surface area contributed by atoms with E-state index in [-0.39, 0.29) is 0 Å². The van der Waals surface area contributed by atoms with Crippen LogP contribution in [0.5, 0.6) is 0 Å². The Morgan fingerprint density at radius 3 is 2.71 bits per heavy atom. The van der Waals surface area contributed by atoms with Crippen LogP contribution >= 0.6 is 0 Å². The van der Waals surface area contributed by atoms with Crippen LogP contribution in [0.1, 0.15) is 29.3 Å². The van der Waals surface area contributed by atoms with E-state index in [0.717, 1.165) is 11.1 Å². The molecule has 1 aromatic heterocycles. The molecule has 1 heterocycles. The molecule has 2 rings (SSSR count). The molecule has 0 fully saturated rings. The smallest absolute Gasteiger partial charge is 0.189 e. The van der Waals surface area contributed by atoms with Gasteiger partial charge in [0.15, 0.2) is 5.96 Å². The van der Waals surface area contributed by atoms with E-state index < -0.39 is 0 Å². The Kier molecular flexibility index (Phi) is 4.36. The lowest BCUT2D eigenvalue weighted by atomic mass is 10.0. The predicted octanol–water partition coefficient (Wildman–Crippen LogP) is 3.07. The van der Waals surface area contributed by atoms with E-state index in [1.807, 2.05) is 6.92 Å². The van der Waals surface area contributed by atoms with Crippen molar-refractivity contribution in [2.75, 3.05) is 6.54 Å². The van der Waals surface area contributed by atoms with E-state index in [2.05, 4.69) is 54.8 Å². The van der Waals surface area contributed by atoms with Crippen LogP contribution in [0.25, 0.3) is 10.9 Å². The zero-order valence-electron chi connectivity index (χ0n) is 13.3. The third kappa shape index (κ3) is 3.45. The number of aromatic nitrogens is 1. The third-order valence-electron chi connectivity index (χ3n) is 3.63. The lowest BCUT2D eigenvalue weighted by Gasteiger charge is -2.06. The van der Waals surface area contributed by atoms with Gasteiger partial charge >= 0.3 is 0 Å². The van der Waals surface area contributed by atoms with Crippen LogP contribution in [0.15, 0.2) is 29.3 Å². The highest BCUT2D eigenvalue weighted by atomic mass is 15.1. The summed E-state index contributed by atoms with van der Waals surface area (Å²) in [6.07, 6.45) is 0. The maximum Gasteiger partial charge on any atom is 0.189 e. The normalized spacial score (nSPS) is 11.9. The van der Waals surface area contributed by atoms with Crippen molar-refractivity contribution in [2.45, 2.75) is 34.2 Å². The SMILES string of the molecule is C=C(C)CNC(N)=NCc1cc(C)cc2c(C)c(C)[nH]c12. The summed E-state index contributed by atoms with van der Waals surface area (Å²) >= 11 is 0. The summed E-state index contributed by atoms with van der Waals surface area (Å²) < 4.78 is 0. The Balaban J connectivity index is 2.28. The molecule has 4 nitrogen and oxygen atoms in total. The first-order valence-corrected chi connectivity index (χ1v) is 7.15. The summed E-state index contributed by atoms with van der Waals surface area (Å²) in [7, 11) is 0. The van der Waals surface area contributed by atoms with Crippen molar-refractivity contribution in [1.29, 1.82) is 0 Å². The molecule has 21 heavy (non-hydrogen) atoms. The average molecular weight is 284 g/mol. The number of nitrogens with one attached hydrogen (secondary N) is 2. The summed E-state index contributed by atoms with van der Waals surface area (Å²) in [6, 6.07) is 4.37. The Morgan fingerprint density at radius 2 is 2.05 bits per heavy atom. The Hall–Kier alpha value is -2.23. The first-order valence-electron chi connectivity index (χ1n) is 7.15. The fourth-order valence-corrected chi connectivity index (χ4v) is 2.38. The van der Waals surface area contributed by atoms with Crippen LogP contribution in [0, 0.1) is 20.8 Å². The minimum absolute atomic E-state index is 0.452. The van der Waals surface area contributed by atoms with Gasteiger partial charge in [-0.15, -0.1) is 0 Å². The van der Waals surface area contributed by atoms with Crippen molar-refractivity contribution in [3.05, 3.63) is 46.7 Å². The van der Waals surface area contributed by atoms with Crippen molar-refractivity contribution in [3.63, 3.8) is 0 Å². The van der Waals surface area contributed by atoms with Gasteiger partial charge in [-0.3, -0.25) is 0 Å². The van der Waals surface area contributed by atoms with Gasteiger partial charge in [0.25, 0.3) is 0 Å². The second-order valence-electron chi connectivity index (χ2n) is 5.73. The second-order valence-corrected chi connectivity index (χ2v) is 5.73. The van der Waals surface area contributed by atoms with Gasteiger partial charge in [0, 0.05) is 17.6 Å². The molecular weight excluding hydrogens is 260 g/mol. The van der Waals surface area contributed by atoms with E-state index in [9.17, 15) is 0 Å². The molecule has 0 amide bonds. The van der Waals surface area contributed by atoms with Crippen LogP contribution in [0.4, 0.5) is 0 Å². The van der Waals surface area contributed by atoms with Crippen LogP contribution in [-0.4, -0.2) is 17.5 Å². The fourth-order valence-electron chi connectivity index (χ4n) is 2.38. The van der Waals surface area contributed by atoms with Crippen molar-refractivity contribution in [2.24, 2.45) is 10.7 Å². The molecule has 0 unspecified atom stereocenters. The fraction of sp³-hybridized carbons (Fsp3) is 0.353. The Bertz CT molecular complexity index is 707. The second kappa shape index (κ2) is 6.04. The van der Waals surface area contributed by atoms with Gasteiger partial charge < -0.3 is 16.0 Å². The molecule has 0 aliphatic rings. The number of rotatable bonds is 4. The predicted molar refractivity (Wildman–Crippen MR) is 90.7 cm³/mol. The van der Waals surface area contributed by atoms with E-state index in [1.54, 1.807) is 0 Å². The first-order chi connectivity index (χ1) is 9.88. The number of aromatic amines is 1. The largest absolute Gasteiger partial charge is 0.370 e. The number of aliphatic imine (C=N–C) groups is 1. The summed E-state index contributed by atoms with van der Waals surface area (Å²) in [4.78, 5) is 7.87. The van der Waals surface area contributed by atoms with Gasteiger partial charge in [-0.2, -0.15) is 0 Å². The highest BCUT2D eigenvalue weighted by molar-refractivity contribution is 5.88. The number of aryl methyl sites for hydroxylation is 3. The monoisotopic (exact) mass is 284 g/mol. The molecule has 2 aromatic rings. The molecule has 1 aromatic carbocycles. The van der Waals surface area contributed by atoms with Crippen LogP contribution in [0.3, 0.4) is 0 Å². The van der Waals surface area contributed by atoms with E-state index in [4.69, 9.17) is 5.73 Å². The number of fused-ring (bicyclic) bond motifs is 1. The number of hydrogen-bond acceptors (Lipinski definition) is 1. The van der Waals surface area contributed by atoms with Gasteiger partial charge in [0.2, 0.25) is 0 Å². The topological polar surface area (TPSA) is 66.2 Å². The van der Waals surface area contributed by atoms with Crippen LogP contribution in [0.2, 0.25) is 0 Å². The lowest BCUT2D eigenvalue weighted by Crippen LogP contribution is -2.32. The minimum Gasteiger partial charge on any atom is -0.370 e. The molecular formula is C17H24N4. The van der Waals surface area contributed by atoms with Crippen molar-refractivity contribution >= 4 is 16.9 Å². The number of guanidine groups is 1. The van der Waals surface area contributed by atoms with Crippen LogP contribution in [-0.2, 0) is 6.54 Å². The molecule has 0 radical (unpaired) electrons. The standard InChI is InChI=1S/C17H24N4/c1-10(2)8-19-17(18)20-9-14-6-11(3)7-15-12(4)13(5)21-16(14)15/h6-7,21H,1,8-9H2,2-5H3,(H3,18,19,20). The van der Waals surface area contributed by atoms with Crippen molar-refractivity contribution < 1.29 is 0 Å². The zero-order valence-corrected chi connectivity index (χ0v) is 13.3. The van der Waals surface area contributed by atoms with Crippen LogP contribution < -0.4 is 11.1 Å². The van der Waals surface area contributed by atoms with Gasteiger partial charge in [-0.05, 0) is 44.9 Å². The van der Waals surface area contributed by atoms with Crippen molar-refractivity contribution in [3.8, 4) is 0 Å². The van der Waals surface area contributed by atoms with Gasteiger partial charge in [0.05, 0.1) is 12.1 Å². The van der Waals surface area contributed by atoms with E-state index in [1.165, 1.54) is 27.8 Å². The number of H-pyrrole nitrogens is 1.